The van der Waals surface area contributed by atoms with E-state index in [2.05, 4.69) is 0 Å². The number of quaternary nitrogens is 1. The largest absolute Gasteiger partial charge is 0.550 e. The zero-order valence-electron chi connectivity index (χ0n) is 10.7. The molecule has 0 radical (unpaired) electrons. The van der Waals surface area contributed by atoms with Gasteiger partial charge in [0, 0.05) is 12.4 Å². The smallest absolute Gasteiger partial charge is 0.112 e. The first-order valence-corrected chi connectivity index (χ1v) is 5.18. The molecule has 0 rings (SSSR count). The second-order valence-corrected chi connectivity index (χ2v) is 5.90. The molecule has 0 spiro atoms. The number of rotatable bonds is 5. The van der Waals surface area contributed by atoms with Gasteiger partial charge >= 0.3 is 0 Å². The summed E-state index contributed by atoms with van der Waals surface area (Å²) in [5.74, 6) is -1.06. The molecule has 0 aromatic carbocycles. The Hall–Kier alpha value is -0.610. The van der Waals surface area contributed by atoms with Crippen LogP contribution < -0.4 is 5.11 Å². The highest BCUT2D eigenvalue weighted by Crippen LogP contribution is 2.14. The summed E-state index contributed by atoms with van der Waals surface area (Å²) >= 11 is 0. The Morgan fingerprint density at radius 1 is 1.33 bits per heavy atom. The summed E-state index contributed by atoms with van der Waals surface area (Å²) in [5.41, 5.74) is -0.324. The van der Waals surface area contributed by atoms with Crippen molar-refractivity contribution in [1.82, 2.24) is 0 Å². The van der Waals surface area contributed by atoms with Gasteiger partial charge in [-0.3, -0.25) is 0 Å². The molecule has 1 atom stereocenters. The molecule has 0 aromatic heterocycles. The summed E-state index contributed by atoms with van der Waals surface area (Å²) in [7, 11) is 6.02. The highest BCUT2D eigenvalue weighted by molar-refractivity contribution is 5.64. The van der Waals surface area contributed by atoms with Crippen LogP contribution in [0.4, 0.5) is 0 Å². The van der Waals surface area contributed by atoms with Crippen molar-refractivity contribution in [3.63, 3.8) is 0 Å². The monoisotopic (exact) mass is 217 g/mol. The summed E-state index contributed by atoms with van der Waals surface area (Å²) in [6, 6.07) is 0. The van der Waals surface area contributed by atoms with Gasteiger partial charge in [0.05, 0.1) is 26.7 Å². The molecule has 0 heterocycles. The van der Waals surface area contributed by atoms with Crippen LogP contribution in [0.3, 0.4) is 0 Å². The lowest BCUT2D eigenvalue weighted by Gasteiger charge is -2.33. The number of aliphatic carboxylic acids is 1. The fraction of sp³-hybridized carbons (Fsp3) is 0.909. The maximum Gasteiger partial charge on any atom is 0.112 e. The lowest BCUT2D eigenvalue weighted by molar-refractivity contribution is -0.873. The van der Waals surface area contributed by atoms with E-state index < -0.39 is 5.97 Å². The minimum Gasteiger partial charge on any atom is -0.550 e. The van der Waals surface area contributed by atoms with Crippen molar-refractivity contribution in [2.75, 3.05) is 27.7 Å². The summed E-state index contributed by atoms with van der Waals surface area (Å²) in [6.07, 6.45) is -0.345. The van der Waals surface area contributed by atoms with Crippen molar-refractivity contribution >= 4 is 5.97 Å². The topological polar surface area (TPSA) is 49.4 Å². The summed E-state index contributed by atoms with van der Waals surface area (Å²) < 4.78 is 6.36. The van der Waals surface area contributed by atoms with Crippen molar-refractivity contribution in [3.05, 3.63) is 0 Å². The van der Waals surface area contributed by atoms with Crippen LogP contribution in [0.5, 0.6) is 0 Å². The molecule has 1 unspecified atom stereocenters. The number of hydrogen-bond acceptors (Lipinski definition) is 3. The highest BCUT2D eigenvalue weighted by Gasteiger charge is 2.24. The number of carbonyl (C=O) groups is 1. The zero-order chi connectivity index (χ0) is 12.3. The first-order valence-electron chi connectivity index (χ1n) is 5.18. The predicted molar refractivity (Wildman–Crippen MR) is 57.1 cm³/mol. The van der Waals surface area contributed by atoms with E-state index in [1.54, 1.807) is 0 Å². The number of carboxylic acid groups (broad SMARTS) is 1. The molecule has 0 aromatic rings. The van der Waals surface area contributed by atoms with E-state index in [-0.39, 0.29) is 18.1 Å². The van der Waals surface area contributed by atoms with Crippen molar-refractivity contribution in [3.8, 4) is 0 Å². The minimum atomic E-state index is -1.06. The van der Waals surface area contributed by atoms with E-state index >= 15 is 0 Å². The third kappa shape index (κ3) is 9.69. The van der Waals surface area contributed by atoms with E-state index in [1.165, 1.54) is 0 Å². The average molecular weight is 217 g/mol. The molecule has 0 amide bonds. The Kier molecular flexibility index (Phi) is 4.74. The van der Waals surface area contributed by atoms with Crippen LogP contribution >= 0.6 is 0 Å². The normalized spacial score (nSPS) is 15.1. The minimum absolute atomic E-state index is 0.0488. The van der Waals surface area contributed by atoms with Gasteiger partial charge in [0.1, 0.15) is 12.6 Å². The first-order chi connectivity index (χ1) is 6.49. The highest BCUT2D eigenvalue weighted by atomic mass is 16.5. The van der Waals surface area contributed by atoms with Crippen molar-refractivity contribution in [1.29, 1.82) is 0 Å². The van der Waals surface area contributed by atoms with Gasteiger partial charge < -0.3 is 19.1 Å². The average Bonchev–Trinajstić information content (AvgIpc) is 1.73. The number of hydrogen-bond donors (Lipinski definition) is 0. The van der Waals surface area contributed by atoms with Crippen molar-refractivity contribution in [2.24, 2.45) is 0 Å². The Labute approximate surface area is 92.4 Å². The van der Waals surface area contributed by atoms with Gasteiger partial charge in [0.2, 0.25) is 0 Å². The van der Waals surface area contributed by atoms with Gasteiger partial charge in [-0.1, -0.05) is 0 Å². The van der Waals surface area contributed by atoms with Crippen LogP contribution in [0.15, 0.2) is 0 Å². The SMILES string of the molecule is CC(C)(C)OC(CC(=O)[O-])C[N+](C)(C)C. The van der Waals surface area contributed by atoms with Crippen LogP contribution in [0.1, 0.15) is 27.2 Å². The number of carboxylic acids is 1. The fourth-order valence-corrected chi connectivity index (χ4v) is 1.44. The number of likely N-dealkylation sites (N-methyl/N-ethyl adjacent to an activating group) is 1. The van der Waals surface area contributed by atoms with Crippen molar-refractivity contribution in [2.45, 2.75) is 38.9 Å². The second-order valence-electron chi connectivity index (χ2n) is 5.90. The molecule has 4 nitrogen and oxygen atoms in total. The molecule has 0 N–H and O–H groups in total. The van der Waals surface area contributed by atoms with Crippen LogP contribution in [0, 0.1) is 0 Å². The number of carbonyl (C=O) groups excluding carboxylic acids is 1. The third-order valence-corrected chi connectivity index (χ3v) is 1.67. The van der Waals surface area contributed by atoms with Crippen LogP contribution in [0.2, 0.25) is 0 Å². The molecule has 90 valence electrons. The lowest BCUT2D eigenvalue weighted by atomic mass is 10.1. The molecule has 0 aliphatic heterocycles. The fourth-order valence-electron chi connectivity index (χ4n) is 1.44. The standard InChI is InChI=1S/C11H23NO3/c1-11(2,3)15-9(7-10(13)14)8-12(4,5)6/h9H,7-8H2,1-6H3. The van der Waals surface area contributed by atoms with Gasteiger partial charge in [-0.05, 0) is 20.8 Å². The van der Waals surface area contributed by atoms with Gasteiger partial charge in [-0.2, -0.15) is 0 Å². The maximum atomic E-state index is 10.6. The molecule has 0 saturated heterocycles. The van der Waals surface area contributed by atoms with Gasteiger partial charge in [0.25, 0.3) is 0 Å². The van der Waals surface area contributed by atoms with E-state index in [0.717, 1.165) is 0 Å². The Balaban J connectivity index is 4.39. The van der Waals surface area contributed by atoms with E-state index in [0.29, 0.717) is 11.0 Å². The quantitative estimate of drug-likeness (QED) is 0.610. The summed E-state index contributed by atoms with van der Waals surface area (Å²) in [5, 5.41) is 10.6. The predicted octanol–water partition coefficient (Wildman–Crippen LogP) is 0.0163. The number of ether oxygens (including phenoxy) is 1. The molecule has 0 fully saturated rings. The van der Waals surface area contributed by atoms with Crippen LogP contribution in [-0.4, -0.2) is 49.8 Å². The van der Waals surface area contributed by atoms with E-state index in [4.69, 9.17) is 4.74 Å². The number of nitrogens with zero attached hydrogens (tertiary/aromatic N) is 1. The molecule has 15 heavy (non-hydrogen) atoms. The Morgan fingerprint density at radius 3 is 2.07 bits per heavy atom. The zero-order valence-corrected chi connectivity index (χ0v) is 10.7. The Morgan fingerprint density at radius 2 is 1.80 bits per heavy atom. The molecular weight excluding hydrogens is 194 g/mol. The molecule has 4 heteroatoms. The lowest BCUT2D eigenvalue weighted by Crippen LogP contribution is -2.46. The van der Waals surface area contributed by atoms with E-state index in [1.807, 2.05) is 41.9 Å². The summed E-state index contributed by atoms with van der Waals surface area (Å²) in [4.78, 5) is 10.6. The second kappa shape index (κ2) is 4.94. The van der Waals surface area contributed by atoms with Gasteiger partial charge in [0.15, 0.2) is 0 Å². The third-order valence-electron chi connectivity index (χ3n) is 1.67. The molecule has 0 aliphatic carbocycles. The van der Waals surface area contributed by atoms with Crippen LogP contribution in [0.25, 0.3) is 0 Å². The molecule has 0 saturated carbocycles. The maximum absolute atomic E-state index is 10.6. The van der Waals surface area contributed by atoms with Crippen molar-refractivity contribution < 1.29 is 19.1 Å². The molecular formula is C11H23NO3. The van der Waals surface area contributed by atoms with Gasteiger partial charge in [-0.15, -0.1) is 0 Å². The van der Waals surface area contributed by atoms with Gasteiger partial charge in [-0.25, -0.2) is 0 Å². The first kappa shape index (κ1) is 14.4. The van der Waals surface area contributed by atoms with Crippen LogP contribution in [-0.2, 0) is 9.53 Å². The summed E-state index contributed by atoms with van der Waals surface area (Å²) in [6.45, 7) is 6.42. The Bertz CT molecular complexity index is 197. The molecule has 0 aliphatic rings. The molecule has 0 bridgehead atoms. The van der Waals surface area contributed by atoms with E-state index in [9.17, 15) is 9.90 Å².